The maximum atomic E-state index is 11.7. The summed E-state index contributed by atoms with van der Waals surface area (Å²) in [7, 11) is 0.862. The number of aryl methyl sites for hydroxylation is 1. The van der Waals surface area contributed by atoms with Gasteiger partial charge in [-0.05, 0) is 33.1 Å². The lowest BCUT2D eigenvalue weighted by atomic mass is 10.0. The minimum Gasteiger partial charge on any atom is -0.256 e. The van der Waals surface area contributed by atoms with Gasteiger partial charge in [0, 0.05) is 24.3 Å². The monoisotopic (exact) mass is 404 g/mol. The summed E-state index contributed by atoms with van der Waals surface area (Å²) >= 11 is 3.42. The molecular weight excluding hydrogens is 376 g/mol. The van der Waals surface area contributed by atoms with Gasteiger partial charge in [-0.1, -0.05) is 53.2 Å². The van der Waals surface area contributed by atoms with Gasteiger partial charge in [0.05, 0.1) is 21.9 Å². The highest BCUT2D eigenvalue weighted by atomic mass is 79.9. The normalized spacial score (nSPS) is 18.0. The third kappa shape index (κ3) is 10.6. The molecule has 0 fully saturated rings. The van der Waals surface area contributed by atoms with Crippen molar-refractivity contribution in [3.8, 4) is 0 Å². The average molecular weight is 405 g/mol. The minimum atomic E-state index is -0.964. The van der Waals surface area contributed by atoms with Gasteiger partial charge in [-0.25, -0.2) is 8.93 Å². The highest BCUT2D eigenvalue weighted by molar-refractivity contribution is 9.11. The summed E-state index contributed by atoms with van der Waals surface area (Å²) in [6.45, 7) is 10.7. The van der Waals surface area contributed by atoms with Crippen molar-refractivity contribution in [3.05, 3.63) is 35.1 Å². The Labute approximate surface area is 151 Å². The summed E-state index contributed by atoms with van der Waals surface area (Å²) in [5, 5.41) is 7.12. The smallest absolute Gasteiger partial charge is 0.0970 e. The van der Waals surface area contributed by atoms with Crippen LogP contribution in [0.5, 0.6) is 0 Å². The minimum absolute atomic E-state index is 0.186. The van der Waals surface area contributed by atoms with E-state index in [1.807, 2.05) is 41.7 Å². The van der Waals surface area contributed by atoms with E-state index >= 15 is 0 Å². The second-order valence-corrected chi connectivity index (χ2v) is 8.72. The number of aromatic nitrogens is 3. The third-order valence-electron chi connectivity index (χ3n) is 2.72. The van der Waals surface area contributed by atoms with Crippen LogP contribution in [0.3, 0.4) is 0 Å². The largest absolute Gasteiger partial charge is 0.256 e. The Morgan fingerprint density at radius 2 is 2.09 bits per heavy atom. The summed E-state index contributed by atoms with van der Waals surface area (Å²) in [6, 6.07) is 0. The van der Waals surface area contributed by atoms with E-state index in [2.05, 4.69) is 49.2 Å². The Kier molecular flexibility index (Phi) is 11.3. The molecule has 0 saturated heterocycles. The molecule has 0 spiro atoms. The van der Waals surface area contributed by atoms with Gasteiger partial charge in [-0.15, -0.1) is 5.10 Å². The maximum Gasteiger partial charge on any atom is 0.0970 e. The first-order valence-electron chi connectivity index (χ1n) is 7.78. The molecule has 0 radical (unpaired) electrons. The number of allylic oxidation sites excluding steroid dienone is 3. The lowest BCUT2D eigenvalue weighted by Crippen LogP contribution is -2.35. The molecule has 0 aromatic carbocycles. The fourth-order valence-electron chi connectivity index (χ4n) is 1.46. The Morgan fingerprint density at radius 1 is 1.43 bits per heavy atom. The molecular formula is C16H29BrN4OS. The van der Waals surface area contributed by atoms with Gasteiger partial charge >= 0.3 is 0 Å². The number of nitrogens with zero attached hydrogens (tertiary/aromatic N) is 3. The lowest BCUT2D eigenvalue weighted by Gasteiger charge is -2.21. The average Bonchev–Trinajstić information content (AvgIpc) is 2.99. The van der Waals surface area contributed by atoms with Crippen molar-refractivity contribution < 1.29 is 4.21 Å². The topological polar surface area (TPSA) is 59.8 Å². The van der Waals surface area contributed by atoms with Crippen LogP contribution in [0.15, 0.2) is 35.1 Å². The van der Waals surface area contributed by atoms with Gasteiger partial charge in [0.2, 0.25) is 0 Å². The molecule has 0 bridgehead atoms. The van der Waals surface area contributed by atoms with E-state index < -0.39 is 11.0 Å². The summed E-state index contributed by atoms with van der Waals surface area (Å²) in [5.74, 6) is 0.456. The van der Waals surface area contributed by atoms with Gasteiger partial charge < -0.3 is 0 Å². The molecule has 1 aliphatic rings. The number of hydrogen-bond acceptors (Lipinski definition) is 3. The molecule has 7 heteroatoms. The summed E-state index contributed by atoms with van der Waals surface area (Å²) in [4.78, 5) is 0. The van der Waals surface area contributed by atoms with Crippen molar-refractivity contribution in [2.45, 2.75) is 45.8 Å². The van der Waals surface area contributed by atoms with Crippen LogP contribution in [-0.2, 0) is 18.0 Å². The lowest BCUT2D eigenvalue weighted by molar-refractivity contribution is 0.601. The second kappa shape index (κ2) is 11.7. The van der Waals surface area contributed by atoms with E-state index in [1.165, 1.54) is 0 Å². The van der Waals surface area contributed by atoms with Crippen LogP contribution in [0.4, 0.5) is 0 Å². The molecule has 0 saturated carbocycles. The van der Waals surface area contributed by atoms with Crippen molar-refractivity contribution in [2.75, 3.05) is 6.54 Å². The van der Waals surface area contributed by atoms with Crippen LogP contribution >= 0.6 is 15.9 Å². The van der Waals surface area contributed by atoms with Crippen molar-refractivity contribution in [1.29, 1.82) is 0 Å². The molecule has 1 heterocycles. The third-order valence-corrected chi connectivity index (χ3v) is 4.85. The van der Waals surface area contributed by atoms with E-state index in [9.17, 15) is 4.21 Å². The zero-order chi connectivity index (χ0) is 17.9. The van der Waals surface area contributed by atoms with E-state index in [4.69, 9.17) is 0 Å². The standard InChI is InChI=1S/C11H18BrNOS.C3H5N3.C2H6/c1-11(2,3)15(14)13-8-9-4-6-10(12)7-5-9;1-6-3-2-4-5-6;1-2/h4,6-7,9,13H,5,8H2,1-3H3;2-3H,1H3;1-2H3. The Morgan fingerprint density at radius 3 is 2.43 bits per heavy atom. The molecule has 132 valence electrons. The van der Waals surface area contributed by atoms with E-state index in [0.29, 0.717) is 5.92 Å². The first-order valence-corrected chi connectivity index (χ1v) is 9.73. The predicted octanol–water partition coefficient (Wildman–Crippen LogP) is 3.73. The maximum absolute atomic E-state index is 11.7. The molecule has 23 heavy (non-hydrogen) atoms. The van der Waals surface area contributed by atoms with Crippen LogP contribution in [0.1, 0.15) is 41.0 Å². The first-order chi connectivity index (χ1) is 10.8. The van der Waals surface area contributed by atoms with Gasteiger partial charge in [-0.2, -0.15) is 0 Å². The van der Waals surface area contributed by atoms with Gasteiger partial charge in [0.1, 0.15) is 0 Å². The summed E-state index contributed by atoms with van der Waals surface area (Å²) in [6.07, 6.45) is 10.8. The van der Waals surface area contributed by atoms with Gasteiger partial charge in [0.15, 0.2) is 0 Å². The fourth-order valence-corrected chi connectivity index (χ4v) is 2.59. The molecule has 1 aromatic heterocycles. The van der Waals surface area contributed by atoms with Crippen molar-refractivity contribution in [3.63, 3.8) is 0 Å². The highest BCUT2D eigenvalue weighted by Crippen LogP contribution is 2.20. The van der Waals surface area contributed by atoms with E-state index in [0.717, 1.165) is 17.4 Å². The summed E-state index contributed by atoms with van der Waals surface area (Å²) < 4.78 is 17.4. The van der Waals surface area contributed by atoms with Gasteiger partial charge in [-0.3, -0.25) is 4.68 Å². The quantitative estimate of drug-likeness (QED) is 0.834. The molecule has 0 aliphatic heterocycles. The number of nitrogens with one attached hydrogen (secondary N) is 1. The second-order valence-electron chi connectivity index (χ2n) is 5.75. The molecule has 1 aromatic rings. The predicted molar refractivity (Wildman–Crippen MR) is 103 cm³/mol. The zero-order valence-electron chi connectivity index (χ0n) is 14.9. The van der Waals surface area contributed by atoms with Crippen molar-refractivity contribution in [2.24, 2.45) is 13.0 Å². The van der Waals surface area contributed by atoms with E-state index in [-0.39, 0.29) is 4.75 Å². The Balaban J connectivity index is 0.000000501. The van der Waals surface area contributed by atoms with Crippen molar-refractivity contribution >= 4 is 26.9 Å². The van der Waals surface area contributed by atoms with Gasteiger partial charge in [0.25, 0.3) is 0 Å². The summed E-state index contributed by atoms with van der Waals surface area (Å²) in [5.41, 5.74) is 0. The zero-order valence-corrected chi connectivity index (χ0v) is 17.3. The highest BCUT2D eigenvalue weighted by Gasteiger charge is 2.20. The number of halogens is 1. The molecule has 5 nitrogen and oxygen atoms in total. The van der Waals surface area contributed by atoms with Crippen LogP contribution < -0.4 is 4.72 Å². The molecule has 2 rings (SSSR count). The van der Waals surface area contributed by atoms with Crippen LogP contribution in [0.25, 0.3) is 0 Å². The Bertz CT molecular complexity index is 507. The van der Waals surface area contributed by atoms with Crippen LogP contribution in [0.2, 0.25) is 0 Å². The molecule has 1 N–H and O–H groups in total. The van der Waals surface area contributed by atoms with Crippen molar-refractivity contribution in [1.82, 2.24) is 19.7 Å². The first kappa shape index (κ1) is 22.2. The van der Waals surface area contributed by atoms with Crippen LogP contribution in [0, 0.1) is 5.92 Å². The van der Waals surface area contributed by atoms with Crippen LogP contribution in [-0.4, -0.2) is 30.5 Å². The number of rotatable bonds is 3. The Hall–Kier alpha value is -0.790. The number of hydrogen-bond donors (Lipinski definition) is 1. The van der Waals surface area contributed by atoms with E-state index in [1.54, 1.807) is 17.1 Å². The molecule has 2 unspecified atom stereocenters. The fraction of sp³-hybridized carbons (Fsp3) is 0.625. The SMILES string of the molecule is CC.CC(C)(C)S(=O)NCC1C=CC(Br)=CC1.Cn1ccnn1. The molecule has 0 amide bonds. The molecule has 1 aliphatic carbocycles. The molecule has 2 atom stereocenters.